The highest BCUT2D eigenvalue weighted by Crippen LogP contribution is 2.22. The summed E-state index contributed by atoms with van der Waals surface area (Å²) in [6.45, 7) is -0.724. The standard InChI is InChI=1S/C18H16ClN5O4/c1-27-15-5-3-2-4-14(15)20-16(25)11-28-17(26)10-24-22-18(21-23-24)12-6-8-13(19)9-7-12/h2-9H,10-11H2,1H3,(H,20,25). The highest BCUT2D eigenvalue weighted by molar-refractivity contribution is 6.30. The number of anilines is 1. The molecule has 28 heavy (non-hydrogen) atoms. The fraction of sp³-hybridized carbons (Fsp3) is 0.167. The van der Waals surface area contributed by atoms with Crippen molar-refractivity contribution < 1.29 is 19.1 Å². The minimum atomic E-state index is -0.671. The zero-order valence-electron chi connectivity index (χ0n) is 14.8. The van der Waals surface area contributed by atoms with E-state index in [4.69, 9.17) is 21.1 Å². The van der Waals surface area contributed by atoms with Crippen molar-refractivity contribution in [1.29, 1.82) is 0 Å². The molecule has 10 heteroatoms. The Morgan fingerprint density at radius 2 is 1.89 bits per heavy atom. The first kappa shape index (κ1) is 19.3. The van der Waals surface area contributed by atoms with Crippen LogP contribution >= 0.6 is 11.6 Å². The molecular formula is C18H16ClN5O4. The molecule has 0 unspecified atom stereocenters. The fourth-order valence-electron chi connectivity index (χ4n) is 2.27. The number of para-hydroxylation sites is 2. The number of rotatable bonds is 7. The number of tetrazole rings is 1. The van der Waals surface area contributed by atoms with Crippen LogP contribution in [-0.4, -0.2) is 45.8 Å². The van der Waals surface area contributed by atoms with Gasteiger partial charge in [-0.05, 0) is 41.6 Å². The van der Waals surface area contributed by atoms with Gasteiger partial charge in [0.25, 0.3) is 5.91 Å². The number of methoxy groups -OCH3 is 1. The minimum absolute atomic E-state index is 0.275. The Morgan fingerprint density at radius 1 is 1.14 bits per heavy atom. The molecule has 0 aliphatic carbocycles. The first-order valence-electron chi connectivity index (χ1n) is 8.17. The second-order valence-electron chi connectivity index (χ2n) is 5.56. The van der Waals surface area contributed by atoms with Gasteiger partial charge in [0.05, 0.1) is 12.8 Å². The maximum Gasteiger partial charge on any atom is 0.330 e. The molecule has 1 amide bonds. The summed E-state index contributed by atoms with van der Waals surface area (Å²) in [6, 6.07) is 13.8. The molecule has 3 aromatic rings. The van der Waals surface area contributed by atoms with E-state index in [1.165, 1.54) is 7.11 Å². The van der Waals surface area contributed by atoms with E-state index in [0.29, 0.717) is 27.8 Å². The monoisotopic (exact) mass is 401 g/mol. The molecule has 0 radical (unpaired) electrons. The molecule has 3 rings (SSSR count). The number of nitrogens with one attached hydrogen (secondary N) is 1. The van der Waals surface area contributed by atoms with Crippen LogP contribution in [0.15, 0.2) is 48.5 Å². The molecule has 0 fully saturated rings. The molecule has 0 saturated heterocycles. The summed E-state index contributed by atoms with van der Waals surface area (Å²) in [5.41, 5.74) is 1.19. The second-order valence-corrected chi connectivity index (χ2v) is 6.00. The smallest absolute Gasteiger partial charge is 0.330 e. The van der Waals surface area contributed by atoms with Crippen LogP contribution in [0.5, 0.6) is 5.75 Å². The number of hydrogen-bond acceptors (Lipinski definition) is 7. The quantitative estimate of drug-likeness (QED) is 0.604. The van der Waals surface area contributed by atoms with Gasteiger partial charge < -0.3 is 14.8 Å². The third-order valence-electron chi connectivity index (χ3n) is 3.57. The van der Waals surface area contributed by atoms with Crippen molar-refractivity contribution in [3.05, 3.63) is 53.6 Å². The van der Waals surface area contributed by atoms with Crippen LogP contribution in [0.4, 0.5) is 5.69 Å². The first-order chi connectivity index (χ1) is 13.5. The van der Waals surface area contributed by atoms with Gasteiger partial charge in [-0.2, -0.15) is 4.80 Å². The average molecular weight is 402 g/mol. The molecule has 1 heterocycles. The van der Waals surface area contributed by atoms with Crippen molar-refractivity contribution in [2.24, 2.45) is 0 Å². The van der Waals surface area contributed by atoms with E-state index in [1.807, 2.05) is 0 Å². The van der Waals surface area contributed by atoms with Gasteiger partial charge in [-0.3, -0.25) is 4.79 Å². The number of carbonyl (C=O) groups excluding carboxylic acids is 2. The summed E-state index contributed by atoms with van der Waals surface area (Å²) in [7, 11) is 1.49. The molecule has 0 bridgehead atoms. The summed E-state index contributed by atoms with van der Waals surface area (Å²) in [5, 5.41) is 15.0. The van der Waals surface area contributed by atoms with Crippen LogP contribution in [0, 0.1) is 0 Å². The normalized spacial score (nSPS) is 10.4. The fourth-order valence-corrected chi connectivity index (χ4v) is 2.39. The Kier molecular flexibility index (Phi) is 6.18. The molecular weight excluding hydrogens is 386 g/mol. The second kappa shape index (κ2) is 8.96. The molecule has 0 aliphatic rings. The van der Waals surface area contributed by atoms with Gasteiger partial charge in [-0.25, -0.2) is 4.79 Å². The zero-order chi connectivity index (χ0) is 19.9. The molecule has 1 N–H and O–H groups in total. The number of halogens is 1. The third kappa shape index (κ3) is 5.04. The topological polar surface area (TPSA) is 108 Å². The van der Waals surface area contributed by atoms with E-state index in [1.54, 1.807) is 48.5 Å². The maximum atomic E-state index is 11.9. The highest BCUT2D eigenvalue weighted by Gasteiger charge is 2.13. The van der Waals surface area contributed by atoms with E-state index in [0.717, 1.165) is 4.80 Å². The Labute approximate surface area is 165 Å². The van der Waals surface area contributed by atoms with Gasteiger partial charge in [0.15, 0.2) is 13.2 Å². The Morgan fingerprint density at radius 3 is 2.64 bits per heavy atom. The van der Waals surface area contributed by atoms with Crippen molar-refractivity contribution >= 4 is 29.2 Å². The Balaban J connectivity index is 1.50. The number of amides is 1. The largest absolute Gasteiger partial charge is 0.495 e. The number of ether oxygens (including phenoxy) is 2. The van der Waals surface area contributed by atoms with E-state index in [9.17, 15) is 9.59 Å². The average Bonchev–Trinajstić information content (AvgIpc) is 3.16. The van der Waals surface area contributed by atoms with Crippen LogP contribution in [-0.2, 0) is 20.9 Å². The van der Waals surface area contributed by atoms with Crippen molar-refractivity contribution in [3.8, 4) is 17.1 Å². The van der Waals surface area contributed by atoms with Crippen molar-refractivity contribution in [2.75, 3.05) is 19.0 Å². The zero-order valence-corrected chi connectivity index (χ0v) is 15.6. The number of nitrogens with zero attached hydrogens (tertiary/aromatic N) is 4. The minimum Gasteiger partial charge on any atom is -0.495 e. The number of hydrogen-bond donors (Lipinski definition) is 1. The molecule has 0 saturated carbocycles. The van der Waals surface area contributed by atoms with Crippen LogP contribution in [0.3, 0.4) is 0 Å². The summed E-state index contributed by atoms with van der Waals surface area (Å²) < 4.78 is 10.1. The lowest BCUT2D eigenvalue weighted by Gasteiger charge is -2.09. The first-order valence-corrected chi connectivity index (χ1v) is 8.55. The molecule has 144 valence electrons. The SMILES string of the molecule is COc1ccccc1NC(=O)COC(=O)Cn1nnc(-c2ccc(Cl)cc2)n1. The lowest BCUT2D eigenvalue weighted by atomic mass is 10.2. The number of benzene rings is 2. The predicted molar refractivity (Wildman–Crippen MR) is 101 cm³/mol. The molecule has 1 aromatic heterocycles. The number of esters is 1. The molecule has 0 atom stereocenters. The number of carbonyl (C=O) groups is 2. The van der Waals surface area contributed by atoms with Gasteiger partial charge in [-0.1, -0.05) is 23.7 Å². The maximum absolute atomic E-state index is 11.9. The number of aromatic nitrogens is 4. The molecule has 9 nitrogen and oxygen atoms in total. The predicted octanol–water partition coefficient (Wildman–Crippen LogP) is 2.18. The summed E-state index contributed by atoms with van der Waals surface area (Å²) in [4.78, 5) is 24.9. The van der Waals surface area contributed by atoms with E-state index >= 15 is 0 Å². The summed E-state index contributed by atoms with van der Waals surface area (Å²) >= 11 is 5.84. The summed E-state index contributed by atoms with van der Waals surface area (Å²) in [6.07, 6.45) is 0. The lowest BCUT2D eigenvalue weighted by Crippen LogP contribution is -2.23. The Hall–Kier alpha value is -3.46. The van der Waals surface area contributed by atoms with Crippen LogP contribution in [0.2, 0.25) is 5.02 Å². The van der Waals surface area contributed by atoms with Gasteiger partial charge in [0.2, 0.25) is 5.82 Å². The van der Waals surface area contributed by atoms with Crippen LogP contribution < -0.4 is 10.1 Å². The van der Waals surface area contributed by atoms with Gasteiger partial charge >= 0.3 is 5.97 Å². The van der Waals surface area contributed by atoms with E-state index in [-0.39, 0.29) is 6.54 Å². The van der Waals surface area contributed by atoms with Gasteiger partial charge in [-0.15, -0.1) is 10.2 Å². The molecule has 0 spiro atoms. The molecule has 0 aliphatic heterocycles. The van der Waals surface area contributed by atoms with Gasteiger partial charge in [0, 0.05) is 10.6 Å². The third-order valence-corrected chi connectivity index (χ3v) is 3.82. The highest BCUT2D eigenvalue weighted by atomic mass is 35.5. The van der Waals surface area contributed by atoms with Crippen molar-refractivity contribution in [3.63, 3.8) is 0 Å². The van der Waals surface area contributed by atoms with E-state index < -0.39 is 18.5 Å². The van der Waals surface area contributed by atoms with Crippen molar-refractivity contribution in [1.82, 2.24) is 20.2 Å². The van der Waals surface area contributed by atoms with Crippen molar-refractivity contribution in [2.45, 2.75) is 6.54 Å². The molecule has 2 aromatic carbocycles. The van der Waals surface area contributed by atoms with Crippen LogP contribution in [0.1, 0.15) is 0 Å². The Bertz CT molecular complexity index is 974. The van der Waals surface area contributed by atoms with Crippen LogP contribution in [0.25, 0.3) is 11.4 Å². The lowest BCUT2D eigenvalue weighted by molar-refractivity contribution is -0.148. The van der Waals surface area contributed by atoms with Gasteiger partial charge in [0.1, 0.15) is 5.75 Å². The summed E-state index contributed by atoms with van der Waals surface area (Å²) in [5.74, 6) is -0.316. The van der Waals surface area contributed by atoms with E-state index in [2.05, 4.69) is 20.7 Å².